The molecule has 1 heterocycles. The van der Waals surface area contributed by atoms with Gasteiger partial charge in [0, 0.05) is 25.2 Å². The molecular weight excluding hydrogens is 253 g/mol. The molecule has 0 aliphatic carbocycles. The second-order valence-electron chi connectivity index (χ2n) is 5.16. The fourth-order valence-corrected chi connectivity index (χ4v) is 2.49. The molecule has 0 fully saturated rings. The molecule has 108 valence electrons. The molecule has 0 radical (unpaired) electrons. The number of nitrogens with one attached hydrogen (secondary N) is 1. The van der Waals surface area contributed by atoms with Crippen LogP contribution in [-0.4, -0.2) is 22.9 Å². The predicted octanol–water partition coefficient (Wildman–Crippen LogP) is 2.80. The average molecular weight is 275 g/mol. The summed E-state index contributed by atoms with van der Waals surface area (Å²) >= 11 is 0. The third-order valence-electron chi connectivity index (χ3n) is 3.52. The van der Waals surface area contributed by atoms with Crippen molar-refractivity contribution in [3.8, 4) is 0 Å². The fraction of sp³-hybridized carbons (Fsp3) is 0.438. The van der Waals surface area contributed by atoms with Gasteiger partial charge in [0.15, 0.2) is 0 Å². The van der Waals surface area contributed by atoms with Gasteiger partial charge in [-0.3, -0.25) is 4.68 Å². The minimum absolute atomic E-state index is 0.176. The summed E-state index contributed by atoms with van der Waals surface area (Å²) in [5.41, 5.74) is 3.23. The van der Waals surface area contributed by atoms with E-state index in [9.17, 15) is 4.39 Å². The van der Waals surface area contributed by atoms with Crippen LogP contribution in [0.5, 0.6) is 0 Å². The first-order chi connectivity index (χ1) is 9.60. The van der Waals surface area contributed by atoms with Gasteiger partial charge >= 0.3 is 0 Å². The molecule has 1 N–H and O–H groups in total. The number of hydrogen-bond acceptors (Lipinski definition) is 2. The SMILES string of the molecule is CCNCC(Cc1cc(C)nn1C)c1cccc(F)c1. The van der Waals surface area contributed by atoms with Crippen LogP contribution in [0.15, 0.2) is 30.3 Å². The van der Waals surface area contributed by atoms with Gasteiger partial charge in [0.25, 0.3) is 0 Å². The van der Waals surface area contributed by atoms with E-state index in [-0.39, 0.29) is 11.7 Å². The minimum Gasteiger partial charge on any atom is -0.316 e. The summed E-state index contributed by atoms with van der Waals surface area (Å²) in [7, 11) is 1.96. The summed E-state index contributed by atoms with van der Waals surface area (Å²) in [4.78, 5) is 0. The Morgan fingerprint density at radius 2 is 2.15 bits per heavy atom. The van der Waals surface area contributed by atoms with Crippen LogP contribution in [0, 0.1) is 12.7 Å². The Kier molecular flexibility index (Phi) is 4.90. The predicted molar refractivity (Wildman–Crippen MR) is 79.3 cm³/mol. The molecule has 1 atom stereocenters. The van der Waals surface area contributed by atoms with Crippen molar-refractivity contribution in [2.45, 2.75) is 26.2 Å². The van der Waals surface area contributed by atoms with Crippen LogP contribution in [0.3, 0.4) is 0 Å². The van der Waals surface area contributed by atoms with Crippen molar-refractivity contribution in [3.05, 3.63) is 53.1 Å². The van der Waals surface area contributed by atoms with E-state index >= 15 is 0 Å². The lowest BCUT2D eigenvalue weighted by Gasteiger charge is -2.18. The molecule has 1 unspecified atom stereocenters. The van der Waals surface area contributed by atoms with E-state index in [1.165, 1.54) is 11.8 Å². The summed E-state index contributed by atoms with van der Waals surface area (Å²) in [6.45, 7) is 5.82. The molecule has 20 heavy (non-hydrogen) atoms. The third-order valence-corrected chi connectivity index (χ3v) is 3.52. The van der Waals surface area contributed by atoms with E-state index in [1.54, 1.807) is 12.1 Å². The highest BCUT2D eigenvalue weighted by Gasteiger charge is 2.15. The molecule has 2 aromatic rings. The van der Waals surface area contributed by atoms with Gasteiger partial charge in [-0.15, -0.1) is 0 Å². The van der Waals surface area contributed by atoms with E-state index in [4.69, 9.17) is 0 Å². The van der Waals surface area contributed by atoms with Crippen molar-refractivity contribution < 1.29 is 4.39 Å². The van der Waals surface area contributed by atoms with Gasteiger partial charge in [-0.2, -0.15) is 5.10 Å². The maximum atomic E-state index is 13.4. The number of benzene rings is 1. The van der Waals surface area contributed by atoms with Crippen molar-refractivity contribution in [2.75, 3.05) is 13.1 Å². The lowest BCUT2D eigenvalue weighted by atomic mass is 9.94. The maximum absolute atomic E-state index is 13.4. The van der Waals surface area contributed by atoms with E-state index in [2.05, 4.69) is 23.4 Å². The van der Waals surface area contributed by atoms with Crippen LogP contribution in [-0.2, 0) is 13.5 Å². The minimum atomic E-state index is -0.176. The Morgan fingerprint density at radius 3 is 2.75 bits per heavy atom. The lowest BCUT2D eigenvalue weighted by molar-refractivity contribution is 0.563. The Morgan fingerprint density at radius 1 is 1.35 bits per heavy atom. The summed E-state index contributed by atoms with van der Waals surface area (Å²) in [6.07, 6.45) is 0.855. The Balaban J connectivity index is 2.21. The largest absolute Gasteiger partial charge is 0.316 e. The molecule has 0 saturated heterocycles. The monoisotopic (exact) mass is 275 g/mol. The summed E-state index contributed by atoms with van der Waals surface area (Å²) in [5.74, 6) is 0.0747. The van der Waals surface area contributed by atoms with Gasteiger partial charge in [0.05, 0.1) is 5.69 Å². The molecule has 0 aliphatic heterocycles. The molecule has 0 saturated carbocycles. The number of nitrogens with zero attached hydrogens (tertiary/aromatic N) is 2. The number of aryl methyl sites for hydroxylation is 2. The zero-order valence-electron chi connectivity index (χ0n) is 12.4. The molecule has 1 aromatic carbocycles. The topological polar surface area (TPSA) is 29.9 Å². The van der Waals surface area contributed by atoms with Gasteiger partial charge in [-0.25, -0.2) is 4.39 Å². The van der Waals surface area contributed by atoms with Crippen molar-refractivity contribution in [1.82, 2.24) is 15.1 Å². The van der Waals surface area contributed by atoms with Crippen LogP contribution in [0.25, 0.3) is 0 Å². The second-order valence-corrected chi connectivity index (χ2v) is 5.16. The first kappa shape index (κ1) is 14.7. The van der Waals surface area contributed by atoms with Gasteiger partial charge in [-0.05, 0) is 43.7 Å². The van der Waals surface area contributed by atoms with E-state index in [1.807, 2.05) is 24.7 Å². The summed E-state index contributed by atoms with van der Waals surface area (Å²) in [5, 5.41) is 7.74. The molecule has 1 aromatic heterocycles. The first-order valence-corrected chi connectivity index (χ1v) is 7.06. The highest BCUT2D eigenvalue weighted by molar-refractivity contribution is 5.23. The molecule has 0 spiro atoms. The van der Waals surface area contributed by atoms with Crippen molar-refractivity contribution in [1.29, 1.82) is 0 Å². The van der Waals surface area contributed by atoms with E-state index in [0.717, 1.165) is 30.8 Å². The zero-order chi connectivity index (χ0) is 14.5. The van der Waals surface area contributed by atoms with Crippen LogP contribution >= 0.6 is 0 Å². The normalized spacial score (nSPS) is 12.6. The van der Waals surface area contributed by atoms with Crippen LogP contribution in [0.1, 0.15) is 29.8 Å². The molecule has 2 rings (SSSR count). The smallest absolute Gasteiger partial charge is 0.123 e. The number of halogens is 1. The van der Waals surface area contributed by atoms with Crippen LogP contribution < -0.4 is 5.32 Å². The van der Waals surface area contributed by atoms with Crippen molar-refractivity contribution in [2.24, 2.45) is 7.05 Å². The first-order valence-electron chi connectivity index (χ1n) is 7.06. The van der Waals surface area contributed by atoms with E-state index < -0.39 is 0 Å². The maximum Gasteiger partial charge on any atom is 0.123 e. The molecule has 3 nitrogen and oxygen atoms in total. The van der Waals surface area contributed by atoms with Crippen molar-refractivity contribution >= 4 is 0 Å². The number of aromatic nitrogens is 2. The highest BCUT2D eigenvalue weighted by Crippen LogP contribution is 2.21. The summed E-state index contributed by atoms with van der Waals surface area (Å²) in [6, 6.07) is 8.98. The Labute approximate surface area is 119 Å². The zero-order valence-corrected chi connectivity index (χ0v) is 12.4. The van der Waals surface area contributed by atoms with Crippen LogP contribution in [0.4, 0.5) is 4.39 Å². The van der Waals surface area contributed by atoms with Gasteiger partial charge in [0.1, 0.15) is 5.82 Å². The van der Waals surface area contributed by atoms with Gasteiger partial charge in [-0.1, -0.05) is 19.1 Å². The highest BCUT2D eigenvalue weighted by atomic mass is 19.1. The molecule has 0 amide bonds. The summed E-state index contributed by atoms with van der Waals surface area (Å²) < 4.78 is 15.3. The number of hydrogen-bond donors (Lipinski definition) is 1. The molecule has 0 aliphatic rings. The van der Waals surface area contributed by atoms with Crippen LogP contribution in [0.2, 0.25) is 0 Å². The fourth-order valence-electron chi connectivity index (χ4n) is 2.49. The standard InChI is InChI=1S/C16H22FN3/c1-4-18-11-14(13-6-5-7-15(17)9-13)10-16-8-12(2)19-20(16)3/h5-9,14,18H,4,10-11H2,1-3H3. The second kappa shape index (κ2) is 6.66. The lowest BCUT2D eigenvalue weighted by Crippen LogP contribution is -2.23. The molecule has 4 heteroatoms. The van der Waals surface area contributed by atoms with Gasteiger partial charge in [0.2, 0.25) is 0 Å². The Hall–Kier alpha value is -1.68. The average Bonchev–Trinajstić information content (AvgIpc) is 2.72. The van der Waals surface area contributed by atoms with Gasteiger partial charge < -0.3 is 5.32 Å². The van der Waals surface area contributed by atoms with Crippen molar-refractivity contribution in [3.63, 3.8) is 0 Å². The third kappa shape index (κ3) is 3.67. The molecule has 0 bridgehead atoms. The van der Waals surface area contributed by atoms with E-state index in [0.29, 0.717) is 0 Å². The quantitative estimate of drug-likeness (QED) is 0.878. The molecular formula is C16H22FN3. The Bertz CT molecular complexity index is 563. The number of rotatable bonds is 6. The number of likely N-dealkylation sites (N-methyl/N-ethyl adjacent to an activating group) is 1.